The van der Waals surface area contributed by atoms with Crippen molar-refractivity contribution in [2.75, 3.05) is 23.4 Å². The van der Waals surface area contributed by atoms with Crippen molar-refractivity contribution in [2.45, 2.75) is 6.42 Å². The van der Waals surface area contributed by atoms with Gasteiger partial charge >= 0.3 is 0 Å². The van der Waals surface area contributed by atoms with Crippen LogP contribution in [0.4, 0.5) is 5.82 Å². The fourth-order valence-corrected chi connectivity index (χ4v) is 4.23. The molecule has 1 aliphatic heterocycles. The van der Waals surface area contributed by atoms with E-state index in [4.69, 9.17) is 11.6 Å². The van der Waals surface area contributed by atoms with Gasteiger partial charge in [0.15, 0.2) is 9.84 Å². The highest BCUT2D eigenvalue weighted by Gasteiger charge is 2.27. The smallest absolute Gasteiger partial charge is 0.255 e. The van der Waals surface area contributed by atoms with Gasteiger partial charge in [-0.3, -0.25) is 0 Å². The van der Waals surface area contributed by atoms with Gasteiger partial charge in [0.2, 0.25) is 0 Å². The maximum absolute atomic E-state index is 11.4. The van der Waals surface area contributed by atoms with Gasteiger partial charge < -0.3 is 5.32 Å². The Morgan fingerprint density at radius 2 is 2.37 bits per heavy atom. The zero-order valence-corrected chi connectivity index (χ0v) is 11.5. The van der Waals surface area contributed by atoms with Gasteiger partial charge in [0, 0.05) is 12.6 Å². The fraction of sp³-hybridized carbons (Fsp3) is 0.500. The third kappa shape index (κ3) is 2.64. The van der Waals surface area contributed by atoms with Crippen molar-refractivity contribution in [1.29, 1.82) is 0 Å². The summed E-state index contributed by atoms with van der Waals surface area (Å²) in [7, 11) is -2.85. The molecule has 102 valence electrons. The lowest BCUT2D eigenvalue weighted by atomic mass is 10.1. The van der Waals surface area contributed by atoms with E-state index >= 15 is 0 Å². The van der Waals surface area contributed by atoms with Crippen molar-refractivity contribution in [3.63, 3.8) is 0 Å². The van der Waals surface area contributed by atoms with Gasteiger partial charge in [-0.1, -0.05) is 11.6 Å². The van der Waals surface area contributed by atoms with Gasteiger partial charge in [0.05, 0.1) is 11.5 Å². The molecule has 19 heavy (non-hydrogen) atoms. The molecule has 2 aromatic rings. The van der Waals surface area contributed by atoms with Gasteiger partial charge in [0.1, 0.15) is 17.3 Å². The van der Waals surface area contributed by atoms with Gasteiger partial charge in [-0.2, -0.15) is 19.6 Å². The molecule has 1 fully saturated rings. The fourth-order valence-electron chi connectivity index (χ4n) is 2.19. The van der Waals surface area contributed by atoms with Crippen LogP contribution in [0.25, 0.3) is 5.78 Å². The number of rotatable bonds is 3. The summed E-state index contributed by atoms with van der Waals surface area (Å²) in [6.45, 7) is 0.564. The number of anilines is 1. The average Bonchev–Trinajstić information content (AvgIpc) is 2.92. The van der Waals surface area contributed by atoms with Crippen molar-refractivity contribution in [3.8, 4) is 0 Å². The summed E-state index contributed by atoms with van der Waals surface area (Å²) in [6, 6.07) is 1.65. The molecule has 1 atom stereocenters. The van der Waals surface area contributed by atoms with Crippen LogP contribution in [-0.2, 0) is 9.84 Å². The third-order valence-electron chi connectivity index (χ3n) is 3.12. The zero-order valence-electron chi connectivity index (χ0n) is 9.95. The minimum atomic E-state index is -2.85. The van der Waals surface area contributed by atoms with Crippen molar-refractivity contribution in [2.24, 2.45) is 5.92 Å². The van der Waals surface area contributed by atoms with Gasteiger partial charge in [-0.15, -0.1) is 0 Å². The molecule has 3 rings (SSSR count). The number of nitrogens with zero attached hydrogens (tertiary/aromatic N) is 4. The minimum absolute atomic E-state index is 0.121. The molecule has 0 amide bonds. The lowest BCUT2D eigenvalue weighted by molar-refractivity contribution is 0.595. The van der Waals surface area contributed by atoms with E-state index in [1.54, 1.807) is 6.07 Å². The molecule has 0 spiro atoms. The summed E-state index contributed by atoms with van der Waals surface area (Å²) in [4.78, 5) is 7.98. The first-order chi connectivity index (χ1) is 9.03. The number of halogens is 1. The quantitative estimate of drug-likeness (QED) is 0.836. The molecule has 2 aromatic heterocycles. The highest BCUT2D eigenvalue weighted by atomic mass is 35.5. The number of hydrogen-bond acceptors (Lipinski definition) is 6. The Labute approximate surface area is 114 Å². The minimum Gasteiger partial charge on any atom is -0.370 e. The van der Waals surface area contributed by atoms with Crippen molar-refractivity contribution < 1.29 is 8.42 Å². The SMILES string of the molecule is O=S1(=O)CCC(CNc2cc(Cl)nc3ncnn23)C1. The van der Waals surface area contributed by atoms with E-state index in [-0.39, 0.29) is 17.4 Å². The van der Waals surface area contributed by atoms with E-state index in [0.29, 0.717) is 29.7 Å². The standard InChI is InChI=1S/C10H12ClN5O2S/c11-8-3-9(16-10(15-8)13-6-14-16)12-4-7-1-2-19(17,18)5-7/h3,6-7,12H,1-2,4-5H2. The van der Waals surface area contributed by atoms with Gasteiger partial charge in [-0.05, 0) is 12.3 Å². The van der Waals surface area contributed by atoms with E-state index in [0.717, 1.165) is 0 Å². The topological polar surface area (TPSA) is 89.2 Å². The predicted octanol–water partition coefficient (Wildman–Crippen LogP) is 0.624. The Bertz CT molecular complexity index is 714. The molecule has 1 unspecified atom stereocenters. The van der Waals surface area contributed by atoms with Gasteiger partial charge in [0.25, 0.3) is 5.78 Å². The van der Waals surface area contributed by atoms with Gasteiger partial charge in [-0.25, -0.2) is 8.42 Å². The van der Waals surface area contributed by atoms with Crippen molar-refractivity contribution >= 4 is 33.0 Å². The highest BCUT2D eigenvalue weighted by molar-refractivity contribution is 7.91. The molecular weight excluding hydrogens is 290 g/mol. The summed E-state index contributed by atoms with van der Waals surface area (Å²) >= 11 is 5.89. The molecule has 0 saturated carbocycles. The van der Waals surface area contributed by atoms with E-state index < -0.39 is 9.84 Å². The van der Waals surface area contributed by atoms with Crippen LogP contribution >= 0.6 is 11.6 Å². The second kappa shape index (κ2) is 4.61. The van der Waals surface area contributed by atoms with E-state index in [1.165, 1.54) is 10.8 Å². The monoisotopic (exact) mass is 301 g/mol. The molecule has 1 saturated heterocycles. The molecule has 1 aliphatic rings. The van der Waals surface area contributed by atoms with Crippen LogP contribution < -0.4 is 5.32 Å². The molecule has 0 aliphatic carbocycles. The van der Waals surface area contributed by atoms with Crippen LogP contribution in [0.1, 0.15) is 6.42 Å². The second-order valence-corrected chi connectivity index (χ2v) is 7.20. The Balaban J connectivity index is 1.77. The highest BCUT2D eigenvalue weighted by Crippen LogP contribution is 2.20. The number of aromatic nitrogens is 4. The van der Waals surface area contributed by atoms with Crippen molar-refractivity contribution in [3.05, 3.63) is 17.5 Å². The molecule has 0 bridgehead atoms. The van der Waals surface area contributed by atoms with Crippen molar-refractivity contribution in [1.82, 2.24) is 19.6 Å². The molecule has 0 radical (unpaired) electrons. The summed E-state index contributed by atoms with van der Waals surface area (Å²) in [6.07, 6.45) is 2.08. The van der Waals surface area contributed by atoms with Crippen LogP contribution in [0.2, 0.25) is 5.15 Å². The normalized spacial score (nSPS) is 21.8. The van der Waals surface area contributed by atoms with Crippen LogP contribution in [0.15, 0.2) is 12.4 Å². The maximum Gasteiger partial charge on any atom is 0.255 e. The zero-order chi connectivity index (χ0) is 13.5. The lowest BCUT2D eigenvalue weighted by Crippen LogP contribution is -2.17. The first kappa shape index (κ1) is 12.6. The maximum atomic E-state index is 11.4. The Kier molecular flexibility index (Phi) is 3.06. The predicted molar refractivity (Wildman–Crippen MR) is 71.0 cm³/mol. The summed E-state index contributed by atoms with van der Waals surface area (Å²) in [5.74, 6) is 1.70. The molecule has 9 heteroatoms. The molecular formula is C10H12ClN5O2S. The van der Waals surface area contributed by atoms with E-state index in [2.05, 4.69) is 20.4 Å². The molecule has 0 aromatic carbocycles. The van der Waals surface area contributed by atoms with E-state index in [9.17, 15) is 8.42 Å². The van der Waals surface area contributed by atoms with Crippen LogP contribution in [0, 0.1) is 5.92 Å². The molecule has 1 N–H and O–H groups in total. The molecule has 3 heterocycles. The van der Waals surface area contributed by atoms with Crippen LogP contribution in [0.5, 0.6) is 0 Å². The largest absolute Gasteiger partial charge is 0.370 e. The average molecular weight is 302 g/mol. The van der Waals surface area contributed by atoms with Crippen LogP contribution in [-0.4, -0.2) is 46.1 Å². The Hall–Kier alpha value is -1.41. The van der Waals surface area contributed by atoms with Crippen LogP contribution in [0.3, 0.4) is 0 Å². The number of nitrogens with one attached hydrogen (secondary N) is 1. The van der Waals surface area contributed by atoms with E-state index in [1.807, 2.05) is 0 Å². The molecule has 7 nitrogen and oxygen atoms in total. The Morgan fingerprint density at radius 3 is 3.11 bits per heavy atom. The Morgan fingerprint density at radius 1 is 1.53 bits per heavy atom. The number of sulfone groups is 1. The first-order valence-electron chi connectivity index (χ1n) is 5.84. The summed E-state index contributed by atoms with van der Waals surface area (Å²) in [5, 5.41) is 7.52. The second-order valence-electron chi connectivity index (χ2n) is 4.59. The lowest BCUT2D eigenvalue weighted by Gasteiger charge is -2.11. The summed E-state index contributed by atoms with van der Waals surface area (Å²) in [5.41, 5.74) is 0. The number of hydrogen-bond donors (Lipinski definition) is 1. The summed E-state index contributed by atoms with van der Waals surface area (Å²) < 4.78 is 24.3. The third-order valence-corrected chi connectivity index (χ3v) is 5.15. The number of fused-ring (bicyclic) bond motifs is 1. The first-order valence-corrected chi connectivity index (χ1v) is 8.04.